The summed E-state index contributed by atoms with van der Waals surface area (Å²) < 4.78 is 13.4. The summed E-state index contributed by atoms with van der Waals surface area (Å²) in [5.74, 6) is 0.309. The standard InChI is InChI=1S/C19H19FN4O/c1-2-18(25)24-15-6-3-13(4-7-15)9-10-21-19-16-11-14(20)5-8-17(16)22-12-23-19/h3-8,11-12H,2,9-10H2,1H3,(H,24,25)(H,21,22,23). The molecule has 1 amide bonds. The van der Waals surface area contributed by atoms with Crippen LogP contribution in [0.3, 0.4) is 0 Å². The molecule has 0 unspecified atom stereocenters. The van der Waals surface area contributed by atoms with E-state index < -0.39 is 0 Å². The van der Waals surface area contributed by atoms with Crippen molar-refractivity contribution >= 4 is 28.3 Å². The third kappa shape index (κ3) is 4.29. The molecular weight excluding hydrogens is 319 g/mol. The van der Waals surface area contributed by atoms with E-state index in [1.165, 1.54) is 18.5 Å². The van der Waals surface area contributed by atoms with Crippen molar-refractivity contribution in [3.8, 4) is 0 Å². The monoisotopic (exact) mass is 338 g/mol. The largest absolute Gasteiger partial charge is 0.369 e. The van der Waals surface area contributed by atoms with Crippen LogP contribution in [0.4, 0.5) is 15.9 Å². The number of carbonyl (C=O) groups excluding carboxylic acids is 1. The van der Waals surface area contributed by atoms with E-state index in [1.807, 2.05) is 31.2 Å². The predicted molar refractivity (Wildman–Crippen MR) is 97.1 cm³/mol. The number of hydrogen-bond donors (Lipinski definition) is 2. The van der Waals surface area contributed by atoms with Gasteiger partial charge in [-0.2, -0.15) is 0 Å². The molecule has 0 atom stereocenters. The smallest absolute Gasteiger partial charge is 0.224 e. The maximum atomic E-state index is 13.4. The number of fused-ring (bicyclic) bond motifs is 1. The fraction of sp³-hybridized carbons (Fsp3) is 0.211. The topological polar surface area (TPSA) is 66.9 Å². The Morgan fingerprint density at radius 2 is 1.92 bits per heavy atom. The molecule has 0 saturated carbocycles. The predicted octanol–water partition coefficient (Wildman–Crippen LogP) is 3.77. The molecule has 0 radical (unpaired) electrons. The van der Waals surface area contributed by atoms with Crippen LogP contribution in [0.2, 0.25) is 0 Å². The summed E-state index contributed by atoms with van der Waals surface area (Å²) in [5.41, 5.74) is 2.63. The lowest BCUT2D eigenvalue weighted by Crippen LogP contribution is -2.10. The van der Waals surface area contributed by atoms with Gasteiger partial charge in [-0.05, 0) is 42.3 Å². The molecule has 128 valence electrons. The van der Waals surface area contributed by atoms with E-state index in [0.717, 1.165) is 17.7 Å². The number of rotatable bonds is 6. The van der Waals surface area contributed by atoms with E-state index in [1.54, 1.807) is 6.07 Å². The normalized spacial score (nSPS) is 10.6. The molecule has 1 heterocycles. The Labute approximate surface area is 145 Å². The van der Waals surface area contributed by atoms with E-state index in [0.29, 0.717) is 29.7 Å². The highest BCUT2D eigenvalue weighted by Gasteiger charge is 2.05. The third-order valence-electron chi connectivity index (χ3n) is 3.86. The SMILES string of the molecule is CCC(=O)Nc1ccc(CCNc2ncnc3ccc(F)cc23)cc1. The first-order valence-electron chi connectivity index (χ1n) is 8.18. The minimum Gasteiger partial charge on any atom is -0.369 e. The van der Waals surface area contributed by atoms with Gasteiger partial charge in [-0.1, -0.05) is 19.1 Å². The van der Waals surface area contributed by atoms with Gasteiger partial charge in [0.05, 0.1) is 5.52 Å². The molecule has 0 aliphatic carbocycles. The lowest BCUT2D eigenvalue weighted by atomic mass is 10.1. The summed E-state index contributed by atoms with van der Waals surface area (Å²) in [6.45, 7) is 2.47. The highest BCUT2D eigenvalue weighted by atomic mass is 19.1. The molecule has 0 saturated heterocycles. The molecule has 0 bridgehead atoms. The van der Waals surface area contributed by atoms with Crippen LogP contribution in [-0.4, -0.2) is 22.4 Å². The van der Waals surface area contributed by atoms with Gasteiger partial charge in [0.2, 0.25) is 5.91 Å². The van der Waals surface area contributed by atoms with Crippen LogP contribution in [0.5, 0.6) is 0 Å². The Morgan fingerprint density at radius 1 is 1.12 bits per heavy atom. The van der Waals surface area contributed by atoms with E-state index in [-0.39, 0.29) is 11.7 Å². The van der Waals surface area contributed by atoms with Crippen molar-refractivity contribution in [2.75, 3.05) is 17.2 Å². The van der Waals surface area contributed by atoms with Crippen molar-refractivity contribution in [2.45, 2.75) is 19.8 Å². The lowest BCUT2D eigenvalue weighted by Gasteiger charge is -2.09. The highest BCUT2D eigenvalue weighted by molar-refractivity contribution is 5.90. The van der Waals surface area contributed by atoms with E-state index in [4.69, 9.17) is 0 Å². The summed E-state index contributed by atoms with van der Waals surface area (Å²) in [5, 5.41) is 6.72. The van der Waals surface area contributed by atoms with Crippen molar-refractivity contribution in [3.05, 3.63) is 60.2 Å². The molecule has 3 rings (SSSR count). The highest BCUT2D eigenvalue weighted by Crippen LogP contribution is 2.20. The fourth-order valence-corrected chi connectivity index (χ4v) is 2.50. The van der Waals surface area contributed by atoms with Crippen LogP contribution in [0, 0.1) is 5.82 Å². The number of anilines is 2. The number of aromatic nitrogens is 2. The summed E-state index contributed by atoms with van der Waals surface area (Å²) in [7, 11) is 0. The second kappa shape index (κ2) is 7.70. The van der Waals surface area contributed by atoms with Gasteiger partial charge in [0.15, 0.2) is 0 Å². The van der Waals surface area contributed by atoms with Gasteiger partial charge in [0.1, 0.15) is 18.0 Å². The molecule has 3 aromatic rings. The second-order valence-electron chi connectivity index (χ2n) is 5.66. The van der Waals surface area contributed by atoms with Gasteiger partial charge in [0, 0.05) is 24.0 Å². The van der Waals surface area contributed by atoms with Crippen molar-refractivity contribution < 1.29 is 9.18 Å². The van der Waals surface area contributed by atoms with E-state index in [9.17, 15) is 9.18 Å². The van der Waals surface area contributed by atoms with Gasteiger partial charge < -0.3 is 10.6 Å². The maximum Gasteiger partial charge on any atom is 0.224 e. The molecule has 0 spiro atoms. The molecule has 5 nitrogen and oxygen atoms in total. The zero-order chi connectivity index (χ0) is 17.6. The Bertz CT molecular complexity index is 880. The van der Waals surface area contributed by atoms with Crippen molar-refractivity contribution in [1.29, 1.82) is 0 Å². The van der Waals surface area contributed by atoms with Gasteiger partial charge in [-0.15, -0.1) is 0 Å². The Hall–Kier alpha value is -3.02. The van der Waals surface area contributed by atoms with Gasteiger partial charge in [-0.25, -0.2) is 14.4 Å². The number of hydrogen-bond acceptors (Lipinski definition) is 4. The van der Waals surface area contributed by atoms with Gasteiger partial charge >= 0.3 is 0 Å². The fourth-order valence-electron chi connectivity index (χ4n) is 2.50. The number of halogens is 1. The van der Waals surface area contributed by atoms with Crippen molar-refractivity contribution in [2.24, 2.45) is 0 Å². The Kier molecular flexibility index (Phi) is 5.18. The first-order valence-corrected chi connectivity index (χ1v) is 8.18. The average molecular weight is 338 g/mol. The number of nitrogens with zero attached hydrogens (tertiary/aromatic N) is 2. The van der Waals surface area contributed by atoms with E-state index >= 15 is 0 Å². The summed E-state index contributed by atoms with van der Waals surface area (Å²) >= 11 is 0. The number of benzene rings is 2. The Morgan fingerprint density at radius 3 is 2.68 bits per heavy atom. The van der Waals surface area contributed by atoms with Crippen LogP contribution >= 0.6 is 0 Å². The number of amides is 1. The first kappa shape index (κ1) is 16.8. The maximum absolute atomic E-state index is 13.4. The van der Waals surface area contributed by atoms with Crippen LogP contribution < -0.4 is 10.6 Å². The van der Waals surface area contributed by atoms with Crippen molar-refractivity contribution in [1.82, 2.24) is 9.97 Å². The molecule has 2 N–H and O–H groups in total. The molecule has 2 aromatic carbocycles. The molecule has 0 aliphatic heterocycles. The average Bonchev–Trinajstić information content (AvgIpc) is 2.63. The lowest BCUT2D eigenvalue weighted by molar-refractivity contribution is -0.115. The van der Waals surface area contributed by atoms with E-state index in [2.05, 4.69) is 20.6 Å². The summed E-state index contributed by atoms with van der Waals surface area (Å²) in [4.78, 5) is 19.7. The minimum atomic E-state index is -0.310. The van der Waals surface area contributed by atoms with Gasteiger partial charge in [0.25, 0.3) is 0 Å². The second-order valence-corrected chi connectivity index (χ2v) is 5.66. The van der Waals surface area contributed by atoms with Crippen LogP contribution in [-0.2, 0) is 11.2 Å². The van der Waals surface area contributed by atoms with Crippen LogP contribution in [0.1, 0.15) is 18.9 Å². The Balaban J connectivity index is 1.61. The first-order chi connectivity index (χ1) is 12.2. The van der Waals surface area contributed by atoms with Crippen LogP contribution in [0.15, 0.2) is 48.8 Å². The molecule has 25 heavy (non-hydrogen) atoms. The quantitative estimate of drug-likeness (QED) is 0.718. The number of nitrogens with one attached hydrogen (secondary N) is 2. The summed E-state index contributed by atoms with van der Waals surface area (Å²) in [6.07, 6.45) is 2.70. The molecule has 6 heteroatoms. The molecular formula is C19H19FN4O. The van der Waals surface area contributed by atoms with Crippen molar-refractivity contribution in [3.63, 3.8) is 0 Å². The van der Waals surface area contributed by atoms with Gasteiger partial charge in [-0.3, -0.25) is 4.79 Å². The zero-order valence-corrected chi connectivity index (χ0v) is 13.9. The molecule has 1 aromatic heterocycles. The molecule has 0 aliphatic rings. The minimum absolute atomic E-state index is 0.00251. The van der Waals surface area contributed by atoms with Crippen LogP contribution in [0.25, 0.3) is 10.9 Å². The third-order valence-corrected chi connectivity index (χ3v) is 3.86. The summed E-state index contributed by atoms with van der Waals surface area (Å²) in [6, 6.07) is 12.2. The molecule has 0 fully saturated rings. The zero-order valence-electron chi connectivity index (χ0n) is 13.9. The number of carbonyl (C=O) groups is 1.